The zero-order valence-electron chi connectivity index (χ0n) is 11.5. The topological polar surface area (TPSA) is 39.1 Å². The zero-order chi connectivity index (χ0) is 13.5. The van der Waals surface area contributed by atoms with E-state index in [1.807, 2.05) is 30.9 Å². The number of hydrogen-bond acceptors (Lipinski definition) is 3. The second-order valence-corrected chi connectivity index (χ2v) is 4.60. The number of imidazole rings is 1. The van der Waals surface area contributed by atoms with E-state index in [2.05, 4.69) is 33.9 Å². The highest BCUT2D eigenvalue weighted by atomic mass is 16.5. The van der Waals surface area contributed by atoms with Crippen LogP contribution < -0.4 is 10.1 Å². The van der Waals surface area contributed by atoms with E-state index in [4.69, 9.17) is 4.74 Å². The van der Waals surface area contributed by atoms with Crippen LogP contribution in [0, 0.1) is 0 Å². The Morgan fingerprint density at radius 1 is 1.32 bits per heavy atom. The molecule has 4 heteroatoms. The second kappa shape index (κ2) is 6.95. The van der Waals surface area contributed by atoms with Gasteiger partial charge < -0.3 is 14.6 Å². The molecule has 0 spiro atoms. The molecule has 0 saturated heterocycles. The molecule has 0 fully saturated rings. The minimum atomic E-state index is 0.355. The number of ether oxygens (including phenoxy) is 1. The Hall–Kier alpha value is -1.81. The predicted molar refractivity (Wildman–Crippen MR) is 76.3 cm³/mol. The van der Waals surface area contributed by atoms with Gasteiger partial charge in [-0.25, -0.2) is 4.98 Å². The van der Waals surface area contributed by atoms with Gasteiger partial charge in [0.25, 0.3) is 0 Å². The summed E-state index contributed by atoms with van der Waals surface area (Å²) in [6, 6.07) is 8.56. The molecule has 0 aliphatic carbocycles. The molecular weight excluding hydrogens is 238 g/mol. The molecule has 19 heavy (non-hydrogen) atoms. The molecule has 1 N–H and O–H groups in total. The lowest BCUT2D eigenvalue weighted by atomic mass is 10.1. The minimum Gasteiger partial charge on any atom is -0.497 e. The highest BCUT2D eigenvalue weighted by molar-refractivity contribution is 5.28. The van der Waals surface area contributed by atoms with Crippen molar-refractivity contribution in [2.24, 2.45) is 0 Å². The average Bonchev–Trinajstić information content (AvgIpc) is 2.96. The van der Waals surface area contributed by atoms with Crippen molar-refractivity contribution in [2.45, 2.75) is 25.9 Å². The highest BCUT2D eigenvalue weighted by Crippen LogP contribution is 2.17. The molecule has 0 radical (unpaired) electrons. The maximum absolute atomic E-state index is 5.16. The third-order valence-corrected chi connectivity index (χ3v) is 3.22. The number of benzene rings is 1. The largest absolute Gasteiger partial charge is 0.497 e. The van der Waals surface area contributed by atoms with Gasteiger partial charge in [-0.15, -0.1) is 0 Å². The van der Waals surface area contributed by atoms with Crippen LogP contribution in [-0.2, 0) is 6.54 Å². The van der Waals surface area contributed by atoms with Gasteiger partial charge in [0, 0.05) is 25.0 Å². The van der Waals surface area contributed by atoms with Crippen LogP contribution in [0.25, 0.3) is 0 Å². The summed E-state index contributed by atoms with van der Waals surface area (Å²) in [5.41, 5.74) is 1.28. The van der Waals surface area contributed by atoms with E-state index in [0.717, 1.165) is 25.3 Å². The van der Waals surface area contributed by atoms with Crippen molar-refractivity contribution in [1.29, 1.82) is 0 Å². The fourth-order valence-corrected chi connectivity index (χ4v) is 2.01. The highest BCUT2D eigenvalue weighted by Gasteiger charge is 2.04. The normalized spacial score (nSPS) is 12.3. The van der Waals surface area contributed by atoms with E-state index in [0.29, 0.717) is 6.04 Å². The van der Waals surface area contributed by atoms with Crippen molar-refractivity contribution in [3.05, 3.63) is 48.5 Å². The van der Waals surface area contributed by atoms with Crippen LogP contribution >= 0.6 is 0 Å². The van der Waals surface area contributed by atoms with E-state index in [1.54, 1.807) is 7.11 Å². The molecule has 0 aliphatic heterocycles. The Balaban J connectivity index is 1.72. The Morgan fingerprint density at radius 2 is 2.11 bits per heavy atom. The number of aryl methyl sites for hydroxylation is 1. The lowest BCUT2D eigenvalue weighted by Crippen LogP contribution is -2.20. The zero-order valence-corrected chi connectivity index (χ0v) is 11.5. The van der Waals surface area contributed by atoms with Crippen LogP contribution in [0.2, 0.25) is 0 Å². The lowest BCUT2D eigenvalue weighted by Gasteiger charge is -2.14. The number of hydrogen-bond donors (Lipinski definition) is 1. The molecule has 102 valence electrons. The summed E-state index contributed by atoms with van der Waals surface area (Å²) in [5, 5.41) is 3.52. The molecule has 1 aromatic heterocycles. The van der Waals surface area contributed by atoms with Gasteiger partial charge in [-0.05, 0) is 37.6 Å². The van der Waals surface area contributed by atoms with Gasteiger partial charge >= 0.3 is 0 Å². The van der Waals surface area contributed by atoms with E-state index >= 15 is 0 Å². The van der Waals surface area contributed by atoms with E-state index in [9.17, 15) is 0 Å². The molecule has 0 bridgehead atoms. The van der Waals surface area contributed by atoms with Gasteiger partial charge in [-0.2, -0.15) is 0 Å². The summed E-state index contributed by atoms with van der Waals surface area (Å²) in [6.45, 7) is 4.17. The summed E-state index contributed by atoms with van der Waals surface area (Å²) >= 11 is 0. The first-order valence-electron chi connectivity index (χ1n) is 6.62. The van der Waals surface area contributed by atoms with Gasteiger partial charge in [0.15, 0.2) is 0 Å². The molecule has 1 aromatic carbocycles. The lowest BCUT2D eigenvalue weighted by molar-refractivity contribution is 0.414. The van der Waals surface area contributed by atoms with Crippen molar-refractivity contribution in [3.8, 4) is 5.75 Å². The Kier molecular flexibility index (Phi) is 4.98. The third-order valence-electron chi connectivity index (χ3n) is 3.22. The molecule has 1 atom stereocenters. The van der Waals surface area contributed by atoms with Crippen LogP contribution in [0.15, 0.2) is 43.0 Å². The summed E-state index contributed by atoms with van der Waals surface area (Å²) in [7, 11) is 1.69. The number of nitrogens with zero attached hydrogens (tertiary/aromatic N) is 2. The Labute approximate surface area is 114 Å². The number of methoxy groups -OCH3 is 1. The first-order valence-corrected chi connectivity index (χ1v) is 6.62. The second-order valence-electron chi connectivity index (χ2n) is 4.60. The first-order chi connectivity index (χ1) is 9.29. The standard InChI is InChI=1S/C15H21N3O/c1-13(14-4-6-15(19-2)7-5-14)17-8-3-10-18-11-9-16-12-18/h4-7,9,11-13,17H,3,8,10H2,1-2H3/t13-/m1/s1. The van der Waals surface area contributed by atoms with Crippen molar-refractivity contribution < 1.29 is 4.74 Å². The smallest absolute Gasteiger partial charge is 0.118 e. The van der Waals surface area contributed by atoms with Crippen LogP contribution in [0.4, 0.5) is 0 Å². The molecule has 2 aromatic rings. The predicted octanol–water partition coefficient (Wildman–Crippen LogP) is 2.63. The fraction of sp³-hybridized carbons (Fsp3) is 0.400. The summed E-state index contributed by atoms with van der Waals surface area (Å²) in [5.74, 6) is 0.899. The first kappa shape index (κ1) is 13.6. The summed E-state index contributed by atoms with van der Waals surface area (Å²) in [6.07, 6.45) is 6.75. The Bertz CT molecular complexity index is 465. The minimum absolute atomic E-state index is 0.355. The molecule has 2 rings (SSSR count). The van der Waals surface area contributed by atoms with E-state index in [1.165, 1.54) is 5.56 Å². The third kappa shape index (κ3) is 4.10. The molecule has 0 aliphatic rings. The van der Waals surface area contributed by atoms with Crippen LogP contribution in [0.1, 0.15) is 24.9 Å². The van der Waals surface area contributed by atoms with Crippen molar-refractivity contribution in [1.82, 2.24) is 14.9 Å². The molecule has 1 heterocycles. The van der Waals surface area contributed by atoms with E-state index in [-0.39, 0.29) is 0 Å². The maximum Gasteiger partial charge on any atom is 0.118 e. The number of rotatable bonds is 7. The van der Waals surface area contributed by atoms with Crippen LogP contribution in [0.5, 0.6) is 5.75 Å². The molecule has 0 saturated carbocycles. The van der Waals surface area contributed by atoms with Crippen LogP contribution in [0.3, 0.4) is 0 Å². The van der Waals surface area contributed by atoms with Crippen molar-refractivity contribution in [2.75, 3.05) is 13.7 Å². The van der Waals surface area contributed by atoms with Gasteiger partial charge in [0.05, 0.1) is 13.4 Å². The van der Waals surface area contributed by atoms with Gasteiger partial charge in [0.1, 0.15) is 5.75 Å². The van der Waals surface area contributed by atoms with Gasteiger partial charge in [-0.1, -0.05) is 12.1 Å². The monoisotopic (exact) mass is 259 g/mol. The van der Waals surface area contributed by atoms with Gasteiger partial charge in [0.2, 0.25) is 0 Å². The number of nitrogens with one attached hydrogen (secondary N) is 1. The van der Waals surface area contributed by atoms with Crippen molar-refractivity contribution in [3.63, 3.8) is 0 Å². The quantitative estimate of drug-likeness (QED) is 0.777. The van der Waals surface area contributed by atoms with E-state index < -0.39 is 0 Å². The van der Waals surface area contributed by atoms with Gasteiger partial charge in [-0.3, -0.25) is 0 Å². The van der Waals surface area contributed by atoms with Crippen molar-refractivity contribution >= 4 is 0 Å². The fourth-order valence-electron chi connectivity index (χ4n) is 2.01. The number of aromatic nitrogens is 2. The maximum atomic E-state index is 5.16. The molecule has 0 unspecified atom stereocenters. The summed E-state index contributed by atoms with van der Waals surface area (Å²) in [4.78, 5) is 4.03. The Morgan fingerprint density at radius 3 is 2.74 bits per heavy atom. The average molecular weight is 259 g/mol. The molecular formula is C15H21N3O. The van der Waals surface area contributed by atoms with Crippen LogP contribution in [-0.4, -0.2) is 23.2 Å². The SMILES string of the molecule is COc1ccc([C@@H](C)NCCCn2ccnc2)cc1. The molecule has 0 amide bonds. The molecule has 4 nitrogen and oxygen atoms in total. The summed E-state index contributed by atoms with van der Waals surface area (Å²) < 4.78 is 7.26.